The highest BCUT2D eigenvalue weighted by atomic mass is 16.1. The van der Waals surface area contributed by atoms with Gasteiger partial charge in [0.05, 0.1) is 11.2 Å². The third kappa shape index (κ3) is 3.27. The molecule has 132 valence electrons. The largest absolute Gasteiger partial charge is 0.355 e. The number of rotatable bonds is 3. The molecule has 0 spiro atoms. The maximum absolute atomic E-state index is 11.9. The van der Waals surface area contributed by atoms with Gasteiger partial charge in [0.25, 0.3) is 5.91 Å². The molecule has 2 aromatic carbocycles. The summed E-state index contributed by atoms with van der Waals surface area (Å²) in [5.74, 6) is 0.459. The van der Waals surface area contributed by atoms with Crippen LogP contribution in [0.5, 0.6) is 0 Å². The SMILES string of the molecule is CNC(=O)c1cccc(-c2nc(-c3ncc4ccccc4n3)ccc2C)c1. The van der Waals surface area contributed by atoms with Crippen LogP contribution < -0.4 is 5.32 Å². The molecule has 0 bridgehead atoms. The van der Waals surface area contributed by atoms with Crippen molar-refractivity contribution >= 4 is 16.8 Å². The van der Waals surface area contributed by atoms with Gasteiger partial charge in [-0.1, -0.05) is 36.4 Å². The predicted octanol–water partition coefficient (Wildman–Crippen LogP) is 4.03. The number of nitrogens with one attached hydrogen (secondary N) is 1. The normalized spacial score (nSPS) is 10.7. The average molecular weight is 354 g/mol. The first-order valence-corrected chi connectivity index (χ1v) is 8.68. The number of hydrogen-bond acceptors (Lipinski definition) is 4. The molecule has 0 saturated carbocycles. The fraction of sp³-hybridized carbons (Fsp3) is 0.0909. The van der Waals surface area contributed by atoms with Crippen LogP contribution in [0.1, 0.15) is 15.9 Å². The van der Waals surface area contributed by atoms with E-state index in [1.807, 2.05) is 67.7 Å². The Labute approximate surface area is 157 Å². The fourth-order valence-corrected chi connectivity index (χ4v) is 2.99. The third-order valence-electron chi connectivity index (χ3n) is 4.44. The van der Waals surface area contributed by atoms with Crippen molar-refractivity contribution in [2.24, 2.45) is 0 Å². The maximum Gasteiger partial charge on any atom is 0.251 e. The molecule has 0 aliphatic carbocycles. The molecule has 2 heterocycles. The summed E-state index contributed by atoms with van der Waals surface area (Å²) in [7, 11) is 1.62. The van der Waals surface area contributed by atoms with Crippen molar-refractivity contribution in [2.45, 2.75) is 6.92 Å². The first-order valence-electron chi connectivity index (χ1n) is 8.68. The molecule has 4 rings (SSSR count). The van der Waals surface area contributed by atoms with Gasteiger partial charge in [0.1, 0.15) is 5.69 Å². The molecule has 0 atom stereocenters. The molecule has 0 fully saturated rings. The van der Waals surface area contributed by atoms with E-state index in [4.69, 9.17) is 4.98 Å². The van der Waals surface area contributed by atoms with E-state index < -0.39 is 0 Å². The van der Waals surface area contributed by atoms with Crippen molar-refractivity contribution < 1.29 is 4.79 Å². The molecule has 4 aromatic rings. The first kappa shape index (κ1) is 16.8. The van der Waals surface area contributed by atoms with E-state index in [0.29, 0.717) is 17.1 Å². The highest BCUT2D eigenvalue weighted by Gasteiger charge is 2.11. The lowest BCUT2D eigenvalue weighted by Crippen LogP contribution is -2.17. The van der Waals surface area contributed by atoms with Crippen LogP contribution in [0, 0.1) is 6.92 Å². The lowest BCUT2D eigenvalue weighted by Gasteiger charge is -2.09. The van der Waals surface area contributed by atoms with Crippen molar-refractivity contribution in [1.29, 1.82) is 0 Å². The summed E-state index contributed by atoms with van der Waals surface area (Å²) < 4.78 is 0. The van der Waals surface area contributed by atoms with Crippen LogP contribution in [0.4, 0.5) is 0 Å². The van der Waals surface area contributed by atoms with E-state index in [1.165, 1.54) is 0 Å². The number of fused-ring (bicyclic) bond motifs is 1. The zero-order chi connectivity index (χ0) is 18.8. The van der Waals surface area contributed by atoms with E-state index >= 15 is 0 Å². The Morgan fingerprint density at radius 3 is 2.67 bits per heavy atom. The van der Waals surface area contributed by atoms with Gasteiger partial charge in [0.15, 0.2) is 5.82 Å². The summed E-state index contributed by atoms with van der Waals surface area (Å²) in [5.41, 5.74) is 4.91. The van der Waals surface area contributed by atoms with E-state index in [2.05, 4.69) is 15.3 Å². The Morgan fingerprint density at radius 1 is 0.963 bits per heavy atom. The van der Waals surface area contributed by atoms with Crippen molar-refractivity contribution in [3.8, 4) is 22.8 Å². The molecule has 0 aliphatic heterocycles. The second-order valence-electron chi connectivity index (χ2n) is 6.27. The van der Waals surface area contributed by atoms with Crippen LogP contribution in [-0.2, 0) is 0 Å². The topological polar surface area (TPSA) is 67.8 Å². The van der Waals surface area contributed by atoms with Gasteiger partial charge in [-0.25, -0.2) is 15.0 Å². The van der Waals surface area contributed by atoms with Gasteiger partial charge >= 0.3 is 0 Å². The molecule has 27 heavy (non-hydrogen) atoms. The summed E-state index contributed by atoms with van der Waals surface area (Å²) in [5, 5.41) is 3.64. The molecule has 5 nitrogen and oxygen atoms in total. The number of carbonyl (C=O) groups excluding carboxylic acids is 1. The molecular formula is C22H18N4O. The Bertz CT molecular complexity index is 1150. The quantitative estimate of drug-likeness (QED) is 0.603. The lowest BCUT2D eigenvalue weighted by atomic mass is 10.0. The second kappa shape index (κ2) is 6.96. The number of carbonyl (C=O) groups is 1. The first-order chi connectivity index (χ1) is 13.2. The molecule has 2 aromatic heterocycles. The van der Waals surface area contributed by atoms with Gasteiger partial charge < -0.3 is 5.32 Å². The number of pyridine rings is 1. The number of amides is 1. The van der Waals surface area contributed by atoms with E-state index in [0.717, 1.165) is 27.7 Å². The van der Waals surface area contributed by atoms with Crippen molar-refractivity contribution in [3.05, 3.63) is 78.0 Å². The maximum atomic E-state index is 11.9. The smallest absolute Gasteiger partial charge is 0.251 e. The Kier molecular flexibility index (Phi) is 4.34. The molecule has 0 radical (unpaired) electrons. The van der Waals surface area contributed by atoms with Crippen LogP contribution >= 0.6 is 0 Å². The van der Waals surface area contributed by atoms with Crippen molar-refractivity contribution in [2.75, 3.05) is 7.05 Å². The van der Waals surface area contributed by atoms with Crippen LogP contribution in [0.3, 0.4) is 0 Å². The molecule has 0 aliphatic rings. The molecule has 5 heteroatoms. The number of aryl methyl sites for hydroxylation is 1. The summed E-state index contributed by atoms with van der Waals surface area (Å²) in [6, 6.07) is 19.2. The Hall–Kier alpha value is -3.60. The average Bonchev–Trinajstić information content (AvgIpc) is 2.73. The summed E-state index contributed by atoms with van der Waals surface area (Å²) in [6.07, 6.45) is 1.81. The highest BCUT2D eigenvalue weighted by molar-refractivity contribution is 5.95. The Balaban J connectivity index is 1.80. The number of hydrogen-bond donors (Lipinski definition) is 1. The van der Waals surface area contributed by atoms with Gasteiger partial charge in [0, 0.05) is 29.8 Å². The molecule has 1 amide bonds. The van der Waals surface area contributed by atoms with Gasteiger partial charge in [0.2, 0.25) is 0 Å². The number of aromatic nitrogens is 3. The number of para-hydroxylation sites is 1. The minimum atomic E-state index is -0.122. The lowest BCUT2D eigenvalue weighted by molar-refractivity contribution is 0.0963. The zero-order valence-electron chi connectivity index (χ0n) is 15.1. The van der Waals surface area contributed by atoms with Crippen LogP contribution in [0.2, 0.25) is 0 Å². The third-order valence-corrected chi connectivity index (χ3v) is 4.44. The van der Waals surface area contributed by atoms with E-state index in [9.17, 15) is 4.79 Å². The molecule has 0 unspecified atom stereocenters. The zero-order valence-corrected chi connectivity index (χ0v) is 15.1. The monoisotopic (exact) mass is 354 g/mol. The van der Waals surface area contributed by atoms with Crippen LogP contribution in [-0.4, -0.2) is 27.9 Å². The summed E-state index contributed by atoms with van der Waals surface area (Å²) in [6.45, 7) is 2.00. The van der Waals surface area contributed by atoms with E-state index in [-0.39, 0.29) is 5.91 Å². The van der Waals surface area contributed by atoms with Gasteiger partial charge in [-0.3, -0.25) is 4.79 Å². The van der Waals surface area contributed by atoms with Crippen LogP contribution in [0.15, 0.2) is 66.9 Å². The predicted molar refractivity (Wildman–Crippen MR) is 106 cm³/mol. The van der Waals surface area contributed by atoms with E-state index in [1.54, 1.807) is 13.1 Å². The summed E-state index contributed by atoms with van der Waals surface area (Å²) in [4.78, 5) is 25.8. The minimum absolute atomic E-state index is 0.122. The highest BCUT2D eigenvalue weighted by Crippen LogP contribution is 2.26. The molecule has 1 N–H and O–H groups in total. The minimum Gasteiger partial charge on any atom is -0.355 e. The van der Waals surface area contributed by atoms with Gasteiger partial charge in [-0.15, -0.1) is 0 Å². The van der Waals surface area contributed by atoms with Gasteiger partial charge in [-0.2, -0.15) is 0 Å². The summed E-state index contributed by atoms with van der Waals surface area (Å²) >= 11 is 0. The second-order valence-corrected chi connectivity index (χ2v) is 6.27. The molecular weight excluding hydrogens is 336 g/mol. The van der Waals surface area contributed by atoms with Gasteiger partial charge in [-0.05, 0) is 36.8 Å². The number of nitrogens with zero attached hydrogens (tertiary/aromatic N) is 3. The Morgan fingerprint density at radius 2 is 1.81 bits per heavy atom. The van der Waals surface area contributed by atoms with Crippen molar-refractivity contribution in [1.82, 2.24) is 20.3 Å². The number of benzene rings is 2. The van der Waals surface area contributed by atoms with Crippen molar-refractivity contribution in [3.63, 3.8) is 0 Å². The molecule has 0 saturated heterocycles. The fourth-order valence-electron chi connectivity index (χ4n) is 2.99. The van der Waals surface area contributed by atoms with Crippen LogP contribution in [0.25, 0.3) is 33.7 Å². The standard InChI is InChI=1S/C22H18N4O/c1-14-10-11-19(21-24-13-17-6-3-4-9-18(17)26-21)25-20(14)15-7-5-8-16(12-15)22(27)23-2/h3-13H,1-2H3,(H,23,27).